The number of carbonyl (C=O) groups excluding carboxylic acids is 2. The topological polar surface area (TPSA) is 91.7 Å². The second kappa shape index (κ2) is 7.00. The summed E-state index contributed by atoms with van der Waals surface area (Å²) >= 11 is 0. The number of nitriles is 1. The van der Waals surface area contributed by atoms with Crippen LogP contribution in [0.15, 0.2) is 42.5 Å². The lowest BCUT2D eigenvalue weighted by Gasteiger charge is -2.17. The first-order valence-corrected chi connectivity index (χ1v) is 8.60. The molecular formula is C20H17N3O4. The summed E-state index contributed by atoms with van der Waals surface area (Å²) in [6.07, 6.45) is 0.175. The highest BCUT2D eigenvalue weighted by molar-refractivity contribution is 5.97. The molecule has 7 nitrogen and oxygen atoms in total. The van der Waals surface area contributed by atoms with E-state index in [4.69, 9.17) is 14.7 Å². The van der Waals surface area contributed by atoms with Gasteiger partial charge in [-0.15, -0.1) is 0 Å². The molecule has 0 aromatic heterocycles. The highest BCUT2D eigenvalue weighted by atomic mass is 16.7. The molecule has 1 fully saturated rings. The molecule has 0 radical (unpaired) electrons. The number of anilines is 1. The fraction of sp³-hybridized carbons (Fsp3) is 0.250. The Morgan fingerprint density at radius 1 is 1.22 bits per heavy atom. The standard InChI is InChI=1S/C20H17N3O4/c21-9-13-2-1-3-16(6-13)22-20(25)15-8-19(24)23(11-15)10-14-4-5-17-18(7-14)27-12-26-17/h1-7,15H,8,10-12H2,(H,22,25). The van der Waals surface area contributed by atoms with Crippen LogP contribution in [-0.4, -0.2) is 30.1 Å². The van der Waals surface area contributed by atoms with Crippen molar-refractivity contribution < 1.29 is 19.1 Å². The number of benzene rings is 2. The maximum absolute atomic E-state index is 12.5. The van der Waals surface area contributed by atoms with Crippen molar-refractivity contribution in [2.75, 3.05) is 18.7 Å². The average Bonchev–Trinajstić information content (AvgIpc) is 3.28. The summed E-state index contributed by atoms with van der Waals surface area (Å²) < 4.78 is 10.7. The molecule has 136 valence electrons. The minimum absolute atomic E-state index is 0.0569. The summed E-state index contributed by atoms with van der Waals surface area (Å²) in [5, 5.41) is 11.7. The van der Waals surface area contributed by atoms with E-state index in [2.05, 4.69) is 5.32 Å². The molecule has 2 aliphatic rings. The van der Waals surface area contributed by atoms with Gasteiger partial charge in [0.25, 0.3) is 0 Å². The van der Waals surface area contributed by atoms with E-state index in [0.717, 1.165) is 5.56 Å². The number of rotatable bonds is 4. The molecule has 0 aliphatic carbocycles. The van der Waals surface area contributed by atoms with Gasteiger partial charge in [-0.2, -0.15) is 5.26 Å². The molecule has 7 heteroatoms. The normalized spacial score (nSPS) is 17.7. The Hall–Kier alpha value is -3.53. The van der Waals surface area contributed by atoms with Crippen LogP contribution in [0.2, 0.25) is 0 Å². The van der Waals surface area contributed by atoms with Gasteiger partial charge in [-0.1, -0.05) is 12.1 Å². The molecule has 4 rings (SSSR count). The van der Waals surface area contributed by atoms with Crippen LogP contribution in [0.25, 0.3) is 0 Å². The van der Waals surface area contributed by atoms with Crippen LogP contribution in [0, 0.1) is 17.2 Å². The highest BCUT2D eigenvalue weighted by Crippen LogP contribution is 2.33. The van der Waals surface area contributed by atoms with Crippen LogP contribution >= 0.6 is 0 Å². The smallest absolute Gasteiger partial charge is 0.231 e. The lowest BCUT2D eigenvalue weighted by Crippen LogP contribution is -2.28. The Morgan fingerprint density at radius 2 is 2.07 bits per heavy atom. The van der Waals surface area contributed by atoms with Gasteiger partial charge in [0.15, 0.2) is 11.5 Å². The molecule has 1 N–H and O–H groups in total. The molecule has 0 bridgehead atoms. The molecule has 2 aromatic carbocycles. The van der Waals surface area contributed by atoms with Gasteiger partial charge in [0.05, 0.1) is 17.6 Å². The zero-order valence-corrected chi connectivity index (χ0v) is 14.5. The summed E-state index contributed by atoms with van der Waals surface area (Å²) in [7, 11) is 0. The monoisotopic (exact) mass is 363 g/mol. The molecular weight excluding hydrogens is 346 g/mol. The van der Waals surface area contributed by atoms with E-state index in [1.54, 1.807) is 29.2 Å². The third-order valence-corrected chi connectivity index (χ3v) is 4.65. The second-order valence-electron chi connectivity index (χ2n) is 6.54. The fourth-order valence-corrected chi connectivity index (χ4v) is 3.27. The number of fused-ring (bicyclic) bond motifs is 1. The zero-order chi connectivity index (χ0) is 18.8. The lowest BCUT2D eigenvalue weighted by molar-refractivity contribution is -0.128. The number of nitrogens with one attached hydrogen (secondary N) is 1. The predicted molar refractivity (Wildman–Crippen MR) is 95.9 cm³/mol. The van der Waals surface area contributed by atoms with E-state index in [0.29, 0.717) is 35.8 Å². The first kappa shape index (κ1) is 16.9. The van der Waals surface area contributed by atoms with Crippen molar-refractivity contribution in [1.82, 2.24) is 4.90 Å². The summed E-state index contributed by atoms with van der Waals surface area (Å²) in [4.78, 5) is 26.5. The van der Waals surface area contributed by atoms with Crippen LogP contribution in [0.3, 0.4) is 0 Å². The van der Waals surface area contributed by atoms with E-state index in [1.165, 1.54) is 0 Å². The SMILES string of the molecule is N#Cc1cccc(NC(=O)C2CC(=O)N(Cc3ccc4c(c3)OCO4)C2)c1. The number of nitrogens with zero attached hydrogens (tertiary/aromatic N) is 2. The maximum atomic E-state index is 12.5. The van der Waals surface area contributed by atoms with E-state index < -0.39 is 5.92 Å². The van der Waals surface area contributed by atoms with Crippen molar-refractivity contribution in [3.63, 3.8) is 0 Å². The van der Waals surface area contributed by atoms with Crippen molar-refractivity contribution >= 4 is 17.5 Å². The number of hydrogen-bond acceptors (Lipinski definition) is 5. The minimum atomic E-state index is -0.419. The Bertz CT molecular complexity index is 950. The van der Waals surface area contributed by atoms with E-state index >= 15 is 0 Å². The first-order chi connectivity index (χ1) is 13.1. The van der Waals surface area contributed by atoms with E-state index in [9.17, 15) is 9.59 Å². The summed E-state index contributed by atoms with van der Waals surface area (Å²) in [6.45, 7) is 0.983. The van der Waals surface area contributed by atoms with Gasteiger partial charge in [-0.05, 0) is 35.9 Å². The Labute approximate surface area is 156 Å². The molecule has 0 spiro atoms. The number of carbonyl (C=O) groups is 2. The van der Waals surface area contributed by atoms with Crippen molar-refractivity contribution in [3.05, 3.63) is 53.6 Å². The van der Waals surface area contributed by atoms with Crippen LogP contribution < -0.4 is 14.8 Å². The van der Waals surface area contributed by atoms with Crippen LogP contribution in [0.5, 0.6) is 11.5 Å². The van der Waals surface area contributed by atoms with E-state index in [1.807, 2.05) is 24.3 Å². The van der Waals surface area contributed by atoms with Gasteiger partial charge in [0, 0.05) is 25.2 Å². The Morgan fingerprint density at radius 3 is 2.93 bits per heavy atom. The molecule has 27 heavy (non-hydrogen) atoms. The molecule has 1 unspecified atom stereocenters. The van der Waals surface area contributed by atoms with Crippen LogP contribution in [0.4, 0.5) is 5.69 Å². The van der Waals surface area contributed by atoms with E-state index in [-0.39, 0.29) is 25.0 Å². The molecule has 2 heterocycles. The quantitative estimate of drug-likeness (QED) is 0.900. The van der Waals surface area contributed by atoms with Gasteiger partial charge >= 0.3 is 0 Å². The molecule has 2 aliphatic heterocycles. The third kappa shape index (κ3) is 3.55. The summed E-state index contributed by atoms with van der Waals surface area (Å²) in [5.74, 6) is 0.677. The van der Waals surface area contributed by atoms with Gasteiger partial charge in [0.1, 0.15) is 0 Å². The minimum Gasteiger partial charge on any atom is -0.454 e. The second-order valence-corrected chi connectivity index (χ2v) is 6.54. The third-order valence-electron chi connectivity index (χ3n) is 4.65. The van der Waals surface area contributed by atoms with Gasteiger partial charge < -0.3 is 19.7 Å². The highest BCUT2D eigenvalue weighted by Gasteiger charge is 2.34. The number of likely N-dealkylation sites (tertiary alicyclic amines) is 1. The zero-order valence-electron chi connectivity index (χ0n) is 14.5. The number of amides is 2. The van der Waals surface area contributed by atoms with Crippen molar-refractivity contribution in [3.8, 4) is 17.6 Å². The summed E-state index contributed by atoms with van der Waals surface area (Å²) in [6, 6.07) is 14.3. The lowest BCUT2D eigenvalue weighted by atomic mass is 10.1. The molecule has 0 saturated carbocycles. The largest absolute Gasteiger partial charge is 0.454 e. The van der Waals surface area contributed by atoms with Gasteiger partial charge in [-0.25, -0.2) is 0 Å². The number of ether oxygens (including phenoxy) is 2. The van der Waals surface area contributed by atoms with Crippen LogP contribution in [-0.2, 0) is 16.1 Å². The first-order valence-electron chi connectivity index (χ1n) is 8.60. The Balaban J connectivity index is 1.39. The Kier molecular flexibility index (Phi) is 4.38. The van der Waals surface area contributed by atoms with Crippen molar-refractivity contribution in [2.45, 2.75) is 13.0 Å². The predicted octanol–water partition coefficient (Wildman–Crippen LogP) is 2.27. The molecule has 2 amide bonds. The number of hydrogen-bond donors (Lipinski definition) is 1. The molecule has 1 saturated heterocycles. The van der Waals surface area contributed by atoms with Crippen LogP contribution in [0.1, 0.15) is 17.5 Å². The molecule has 2 aromatic rings. The average molecular weight is 363 g/mol. The molecule has 1 atom stereocenters. The van der Waals surface area contributed by atoms with Gasteiger partial charge in [-0.3, -0.25) is 9.59 Å². The van der Waals surface area contributed by atoms with Crippen molar-refractivity contribution in [1.29, 1.82) is 5.26 Å². The maximum Gasteiger partial charge on any atom is 0.231 e. The van der Waals surface area contributed by atoms with Crippen molar-refractivity contribution in [2.24, 2.45) is 5.92 Å². The fourth-order valence-electron chi connectivity index (χ4n) is 3.27. The van der Waals surface area contributed by atoms with Gasteiger partial charge in [0.2, 0.25) is 18.6 Å². The summed E-state index contributed by atoms with van der Waals surface area (Å²) in [5.41, 5.74) is 1.95.